The number of piperazine rings is 1. The Labute approximate surface area is 167 Å². The Bertz CT molecular complexity index is 1120. The second-order valence-corrected chi connectivity index (χ2v) is 7.11. The summed E-state index contributed by atoms with van der Waals surface area (Å²) < 4.78 is 3.17. The van der Waals surface area contributed by atoms with Crippen LogP contribution in [-0.4, -0.2) is 67.2 Å². The molecule has 0 atom stereocenters. The van der Waals surface area contributed by atoms with E-state index >= 15 is 0 Å². The Morgan fingerprint density at radius 2 is 1.83 bits per heavy atom. The molecular formula is C20H22N8O. The van der Waals surface area contributed by atoms with E-state index in [0.29, 0.717) is 12.4 Å². The molecule has 1 aliphatic heterocycles. The van der Waals surface area contributed by atoms with Crippen molar-refractivity contribution in [3.05, 3.63) is 65.2 Å². The maximum absolute atomic E-state index is 12.2. The van der Waals surface area contributed by atoms with Crippen LogP contribution in [0.15, 0.2) is 59.7 Å². The Hall–Kier alpha value is -3.46. The highest BCUT2D eigenvalue weighted by Gasteiger charge is 2.19. The third kappa shape index (κ3) is 3.64. The largest absolute Gasteiger partial charge is 0.340 e. The lowest BCUT2D eigenvalue weighted by atomic mass is 10.3. The summed E-state index contributed by atoms with van der Waals surface area (Å²) >= 11 is 0. The molecular weight excluding hydrogens is 368 g/mol. The van der Waals surface area contributed by atoms with Crippen molar-refractivity contribution in [2.75, 3.05) is 37.6 Å². The molecule has 3 aromatic heterocycles. The quantitative estimate of drug-likeness (QED) is 0.550. The molecule has 1 N–H and O–H groups in total. The van der Waals surface area contributed by atoms with E-state index in [-0.39, 0.29) is 5.56 Å². The van der Waals surface area contributed by atoms with E-state index in [2.05, 4.69) is 30.0 Å². The molecule has 0 unspecified atom stereocenters. The molecule has 0 amide bonds. The number of hydrogen-bond donors (Lipinski definition) is 1. The molecule has 0 aliphatic carbocycles. The van der Waals surface area contributed by atoms with Gasteiger partial charge in [-0.25, -0.2) is 14.3 Å². The highest BCUT2D eigenvalue weighted by Crippen LogP contribution is 2.18. The number of nitrogens with one attached hydrogen (secondary N) is 1. The summed E-state index contributed by atoms with van der Waals surface area (Å²) in [4.78, 5) is 24.9. The van der Waals surface area contributed by atoms with Crippen LogP contribution >= 0.6 is 0 Å². The van der Waals surface area contributed by atoms with E-state index in [4.69, 9.17) is 0 Å². The number of hydrogen-bond acceptors (Lipinski definition) is 6. The van der Waals surface area contributed by atoms with Gasteiger partial charge in [-0.2, -0.15) is 5.10 Å². The van der Waals surface area contributed by atoms with Crippen molar-refractivity contribution in [1.82, 2.24) is 34.4 Å². The van der Waals surface area contributed by atoms with Crippen LogP contribution < -0.4 is 10.5 Å². The van der Waals surface area contributed by atoms with Crippen LogP contribution in [0.25, 0.3) is 16.9 Å². The highest BCUT2D eigenvalue weighted by molar-refractivity contribution is 5.77. The zero-order valence-corrected chi connectivity index (χ0v) is 16.0. The Morgan fingerprint density at radius 3 is 2.62 bits per heavy atom. The number of nitrogens with zero attached hydrogens (tertiary/aromatic N) is 7. The fraction of sp³-hybridized carbons (Fsp3) is 0.300. The first-order chi connectivity index (χ1) is 14.3. The molecule has 4 heterocycles. The van der Waals surface area contributed by atoms with Crippen LogP contribution in [0.3, 0.4) is 0 Å². The Balaban J connectivity index is 1.20. The lowest BCUT2D eigenvalue weighted by Gasteiger charge is -2.34. The lowest BCUT2D eigenvalue weighted by molar-refractivity contribution is 0.241. The summed E-state index contributed by atoms with van der Waals surface area (Å²) in [5, 5.41) is 8.61. The molecule has 9 nitrogen and oxygen atoms in total. The highest BCUT2D eigenvalue weighted by atomic mass is 16.1. The fourth-order valence-corrected chi connectivity index (χ4v) is 3.63. The van der Waals surface area contributed by atoms with Gasteiger partial charge >= 0.3 is 0 Å². The van der Waals surface area contributed by atoms with Gasteiger partial charge in [0.1, 0.15) is 0 Å². The van der Waals surface area contributed by atoms with Crippen LogP contribution in [-0.2, 0) is 6.54 Å². The number of imidazole rings is 1. The topological polar surface area (TPSA) is 87.9 Å². The second kappa shape index (κ2) is 7.51. The third-order valence-corrected chi connectivity index (χ3v) is 5.27. The van der Waals surface area contributed by atoms with Crippen molar-refractivity contribution in [2.45, 2.75) is 6.54 Å². The second-order valence-electron chi connectivity index (χ2n) is 7.11. The van der Waals surface area contributed by atoms with Crippen molar-refractivity contribution in [3.63, 3.8) is 0 Å². The molecule has 4 aromatic rings. The SMILES string of the molecule is O=c1ccc(-n2cccn2)nn1CCN1CCN(c2nc3ccccc3[nH]2)CC1. The molecule has 1 aliphatic rings. The number of benzene rings is 1. The zero-order valence-electron chi connectivity index (χ0n) is 16.0. The van der Waals surface area contributed by atoms with E-state index in [1.54, 1.807) is 23.0 Å². The van der Waals surface area contributed by atoms with Gasteiger partial charge in [0, 0.05) is 51.2 Å². The van der Waals surface area contributed by atoms with E-state index in [1.807, 2.05) is 36.5 Å². The van der Waals surface area contributed by atoms with E-state index < -0.39 is 0 Å². The number of aromatic amines is 1. The molecule has 1 aromatic carbocycles. The van der Waals surface area contributed by atoms with Crippen LogP contribution in [0, 0.1) is 0 Å². The van der Waals surface area contributed by atoms with E-state index in [1.165, 1.54) is 4.68 Å². The van der Waals surface area contributed by atoms with Crippen LogP contribution in [0.2, 0.25) is 0 Å². The first-order valence-corrected chi connectivity index (χ1v) is 9.76. The average molecular weight is 390 g/mol. The van der Waals surface area contributed by atoms with Crippen molar-refractivity contribution in [3.8, 4) is 5.82 Å². The Kier molecular flexibility index (Phi) is 4.57. The summed E-state index contributed by atoms with van der Waals surface area (Å²) in [5.41, 5.74) is 1.96. The number of fused-ring (bicyclic) bond motifs is 1. The van der Waals surface area contributed by atoms with Gasteiger partial charge in [0.15, 0.2) is 5.82 Å². The summed E-state index contributed by atoms with van der Waals surface area (Å²) in [7, 11) is 0. The van der Waals surface area contributed by atoms with Crippen molar-refractivity contribution >= 4 is 17.0 Å². The van der Waals surface area contributed by atoms with Gasteiger partial charge < -0.3 is 9.88 Å². The molecule has 0 bridgehead atoms. The zero-order chi connectivity index (χ0) is 19.6. The predicted molar refractivity (Wildman–Crippen MR) is 110 cm³/mol. The maximum atomic E-state index is 12.2. The average Bonchev–Trinajstić information content (AvgIpc) is 3.43. The van der Waals surface area contributed by atoms with Crippen molar-refractivity contribution in [2.24, 2.45) is 0 Å². The van der Waals surface area contributed by atoms with Gasteiger partial charge in [0.05, 0.1) is 17.6 Å². The standard InChI is InChI=1S/C20H22N8O/c29-19-7-6-18(27-9-3-8-21-27)24-28(19)15-12-25-10-13-26(14-11-25)20-22-16-4-1-2-5-17(16)23-20/h1-9H,10-15H2,(H,22,23). The summed E-state index contributed by atoms with van der Waals surface area (Å²) in [5.74, 6) is 1.57. The minimum absolute atomic E-state index is 0.0955. The smallest absolute Gasteiger partial charge is 0.266 e. The lowest BCUT2D eigenvalue weighted by Crippen LogP contribution is -2.48. The minimum Gasteiger partial charge on any atom is -0.340 e. The molecule has 148 valence electrons. The summed E-state index contributed by atoms with van der Waals surface area (Å²) in [6, 6.07) is 13.2. The Morgan fingerprint density at radius 1 is 0.966 bits per heavy atom. The molecule has 29 heavy (non-hydrogen) atoms. The van der Waals surface area contributed by atoms with Crippen LogP contribution in [0.1, 0.15) is 0 Å². The number of para-hydroxylation sites is 2. The van der Waals surface area contributed by atoms with Gasteiger partial charge in [-0.3, -0.25) is 9.69 Å². The first kappa shape index (κ1) is 17.6. The summed E-state index contributed by atoms with van der Waals surface area (Å²) in [6.07, 6.45) is 3.51. The first-order valence-electron chi connectivity index (χ1n) is 9.76. The molecule has 0 saturated carbocycles. The normalized spacial score (nSPS) is 15.2. The van der Waals surface area contributed by atoms with Gasteiger partial charge in [0.2, 0.25) is 5.95 Å². The fourth-order valence-electron chi connectivity index (χ4n) is 3.63. The number of rotatable bonds is 5. The summed E-state index contributed by atoms with van der Waals surface area (Å²) in [6.45, 7) is 4.97. The molecule has 0 radical (unpaired) electrons. The number of aromatic nitrogens is 6. The van der Waals surface area contributed by atoms with Gasteiger partial charge in [-0.15, -0.1) is 5.10 Å². The number of H-pyrrole nitrogens is 1. The van der Waals surface area contributed by atoms with Gasteiger partial charge in [-0.1, -0.05) is 12.1 Å². The van der Waals surface area contributed by atoms with Gasteiger partial charge in [0.25, 0.3) is 5.56 Å². The molecule has 9 heteroatoms. The maximum Gasteiger partial charge on any atom is 0.266 e. The van der Waals surface area contributed by atoms with Gasteiger partial charge in [-0.05, 0) is 24.3 Å². The van der Waals surface area contributed by atoms with Crippen LogP contribution in [0.5, 0.6) is 0 Å². The van der Waals surface area contributed by atoms with Crippen molar-refractivity contribution < 1.29 is 0 Å². The molecule has 5 rings (SSSR count). The molecule has 1 saturated heterocycles. The molecule has 0 spiro atoms. The predicted octanol–water partition coefficient (Wildman–Crippen LogP) is 1.13. The van der Waals surface area contributed by atoms with Crippen molar-refractivity contribution in [1.29, 1.82) is 0 Å². The van der Waals surface area contributed by atoms with E-state index in [0.717, 1.165) is 49.7 Å². The minimum atomic E-state index is -0.0955. The third-order valence-electron chi connectivity index (χ3n) is 5.27. The van der Waals surface area contributed by atoms with E-state index in [9.17, 15) is 4.79 Å². The monoisotopic (exact) mass is 390 g/mol. The molecule has 1 fully saturated rings. The van der Waals surface area contributed by atoms with Crippen LogP contribution in [0.4, 0.5) is 5.95 Å². The number of anilines is 1.